The van der Waals surface area contributed by atoms with Gasteiger partial charge in [-0.1, -0.05) is 27.2 Å². The summed E-state index contributed by atoms with van der Waals surface area (Å²) in [5, 5.41) is 0.311. The van der Waals surface area contributed by atoms with Crippen LogP contribution in [-0.4, -0.2) is 33.0 Å². The Morgan fingerprint density at radius 2 is 1.85 bits per heavy atom. The highest BCUT2D eigenvalue weighted by atomic mass is 28.4. The Morgan fingerprint density at radius 1 is 1.20 bits per heavy atom. The van der Waals surface area contributed by atoms with Gasteiger partial charge in [0, 0.05) is 13.0 Å². The lowest BCUT2D eigenvalue weighted by molar-refractivity contribution is 0.269. The Morgan fingerprint density at radius 3 is 2.35 bits per heavy atom. The molecule has 1 aliphatic heterocycles. The van der Waals surface area contributed by atoms with Gasteiger partial charge in [0.05, 0.1) is 5.54 Å². The van der Waals surface area contributed by atoms with Crippen molar-refractivity contribution in [1.29, 1.82) is 0 Å². The van der Waals surface area contributed by atoms with Crippen LogP contribution < -0.4 is 0 Å². The summed E-state index contributed by atoms with van der Waals surface area (Å²) >= 11 is 0. The molecule has 0 radical (unpaired) electrons. The Hall–Kier alpha value is -0.353. The molecule has 0 N–H and O–H groups in total. The van der Waals surface area contributed by atoms with E-state index in [1.54, 1.807) is 0 Å². The number of aliphatic imine (C=N–C) groups is 1. The summed E-state index contributed by atoms with van der Waals surface area (Å²) in [6.07, 6.45) is 4.46. The second-order valence-corrected chi connectivity index (χ2v) is 12.8. The number of rotatable bonds is 7. The van der Waals surface area contributed by atoms with Gasteiger partial charge in [-0.15, -0.1) is 0 Å². The van der Waals surface area contributed by atoms with Crippen LogP contribution in [0.15, 0.2) is 4.99 Å². The highest BCUT2D eigenvalue weighted by molar-refractivity contribution is 6.74. The Balaban J connectivity index is 2.12. The lowest BCUT2D eigenvalue weighted by Crippen LogP contribution is -2.40. The van der Waals surface area contributed by atoms with E-state index in [9.17, 15) is 0 Å². The third kappa shape index (κ3) is 5.56. The molecule has 0 saturated heterocycles. The second-order valence-electron chi connectivity index (χ2n) is 8.03. The SMILES string of the molecule is CC1(C)COC(CCCCCO[Si](C)(C)C(C)(C)C)=N1. The van der Waals surface area contributed by atoms with Gasteiger partial charge in [-0.2, -0.15) is 0 Å². The van der Waals surface area contributed by atoms with Crippen molar-refractivity contribution in [3.63, 3.8) is 0 Å². The molecule has 118 valence electrons. The van der Waals surface area contributed by atoms with Gasteiger partial charge in [-0.3, -0.25) is 0 Å². The topological polar surface area (TPSA) is 30.8 Å². The van der Waals surface area contributed by atoms with E-state index < -0.39 is 8.32 Å². The predicted molar refractivity (Wildman–Crippen MR) is 89.1 cm³/mol. The molecular weight excluding hydrogens is 266 g/mol. The molecule has 0 aliphatic carbocycles. The van der Waals surface area contributed by atoms with Crippen LogP contribution in [0.4, 0.5) is 0 Å². The molecule has 0 aromatic carbocycles. The summed E-state index contributed by atoms with van der Waals surface area (Å²) in [5.41, 5.74) is -0.0131. The lowest BCUT2D eigenvalue weighted by Gasteiger charge is -2.36. The van der Waals surface area contributed by atoms with Gasteiger partial charge in [0.25, 0.3) is 0 Å². The molecule has 3 nitrogen and oxygen atoms in total. The first-order valence-corrected chi connectivity index (χ1v) is 10.8. The zero-order chi connectivity index (χ0) is 15.4. The molecule has 0 bridgehead atoms. The molecule has 0 atom stereocenters. The van der Waals surface area contributed by atoms with Crippen LogP contribution in [-0.2, 0) is 9.16 Å². The average Bonchev–Trinajstić information content (AvgIpc) is 2.61. The Labute approximate surface area is 126 Å². The zero-order valence-corrected chi connectivity index (χ0v) is 15.5. The second kappa shape index (κ2) is 6.61. The van der Waals surface area contributed by atoms with E-state index in [1.165, 1.54) is 6.42 Å². The van der Waals surface area contributed by atoms with E-state index >= 15 is 0 Å². The van der Waals surface area contributed by atoms with Crippen molar-refractivity contribution >= 4 is 14.2 Å². The minimum absolute atomic E-state index is 0.0131. The fraction of sp³-hybridized carbons (Fsp3) is 0.938. The van der Waals surface area contributed by atoms with Gasteiger partial charge in [-0.25, -0.2) is 4.99 Å². The molecule has 0 spiro atoms. The van der Waals surface area contributed by atoms with Gasteiger partial charge >= 0.3 is 0 Å². The highest BCUT2D eigenvalue weighted by Crippen LogP contribution is 2.36. The van der Waals surface area contributed by atoms with Gasteiger partial charge in [0.15, 0.2) is 14.2 Å². The van der Waals surface area contributed by atoms with Gasteiger partial charge in [0.1, 0.15) is 6.61 Å². The summed E-state index contributed by atoms with van der Waals surface area (Å²) in [6.45, 7) is 17.4. The van der Waals surface area contributed by atoms with Crippen LogP contribution in [0.1, 0.15) is 60.3 Å². The standard InChI is InChI=1S/C16H33NO2Si/c1-15(2,3)20(6,7)19-12-10-8-9-11-14-17-16(4,5)13-18-14/h8-13H2,1-7H3. The van der Waals surface area contributed by atoms with Crippen molar-refractivity contribution in [1.82, 2.24) is 0 Å². The third-order valence-corrected chi connectivity index (χ3v) is 8.86. The maximum Gasteiger partial charge on any atom is 0.191 e. The lowest BCUT2D eigenvalue weighted by atomic mass is 10.1. The van der Waals surface area contributed by atoms with Gasteiger partial charge in [-0.05, 0) is 44.8 Å². The molecule has 0 aromatic heterocycles. The molecule has 20 heavy (non-hydrogen) atoms. The van der Waals surface area contributed by atoms with Gasteiger partial charge < -0.3 is 9.16 Å². The van der Waals surface area contributed by atoms with E-state index in [1.807, 2.05) is 0 Å². The maximum atomic E-state index is 6.18. The molecule has 0 fully saturated rings. The molecule has 0 unspecified atom stereocenters. The monoisotopic (exact) mass is 299 g/mol. The van der Waals surface area contributed by atoms with Gasteiger partial charge in [0.2, 0.25) is 0 Å². The smallest absolute Gasteiger partial charge is 0.191 e. The zero-order valence-electron chi connectivity index (χ0n) is 14.5. The van der Waals surface area contributed by atoms with Crippen molar-refractivity contribution < 1.29 is 9.16 Å². The first kappa shape index (κ1) is 17.7. The number of hydrogen-bond donors (Lipinski definition) is 0. The van der Waals surface area contributed by atoms with E-state index in [-0.39, 0.29) is 5.54 Å². The summed E-state index contributed by atoms with van der Waals surface area (Å²) < 4.78 is 11.8. The van der Waals surface area contributed by atoms with E-state index in [0.717, 1.165) is 38.4 Å². The minimum Gasteiger partial charge on any atom is -0.478 e. The molecule has 4 heteroatoms. The molecule has 0 saturated carbocycles. The van der Waals surface area contributed by atoms with Crippen LogP contribution in [0.5, 0.6) is 0 Å². The summed E-state index contributed by atoms with van der Waals surface area (Å²) in [4.78, 5) is 4.58. The van der Waals surface area contributed by atoms with Crippen LogP contribution in [0.2, 0.25) is 18.1 Å². The molecular formula is C16H33NO2Si. The quantitative estimate of drug-likeness (QED) is 0.500. The highest BCUT2D eigenvalue weighted by Gasteiger charge is 2.36. The maximum absolute atomic E-state index is 6.18. The predicted octanol–water partition coefficient (Wildman–Crippen LogP) is 4.78. The molecule has 0 amide bonds. The first-order chi connectivity index (χ1) is 9.04. The first-order valence-electron chi connectivity index (χ1n) is 7.89. The van der Waals surface area contributed by atoms with Crippen molar-refractivity contribution in [3.8, 4) is 0 Å². The summed E-state index contributed by atoms with van der Waals surface area (Å²) in [6, 6.07) is 0. The minimum atomic E-state index is -1.56. The average molecular weight is 300 g/mol. The van der Waals surface area contributed by atoms with Crippen LogP contribution in [0, 0.1) is 0 Å². The number of hydrogen-bond acceptors (Lipinski definition) is 3. The van der Waals surface area contributed by atoms with Crippen molar-refractivity contribution in [2.45, 2.75) is 84.0 Å². The Kier molecular flexibility index (Phi) is 5.85. The largest absolute Gasteiger partial charge is 0.478 e. The molecule has 1 aliphatic rings. The molecule has 1 rings (SSSR count). The summed E-state index contributed by atoms with van der Waals surface area (Å²) in [7, 11) is -1.56. The van der Waals surface area contributed by atoms with Crippen molar-refractivity contribution in [2.75, 3.05) is 13.2 Å². The van der Waals surface area contributed by atoms with Crippen LogP contribution in [0.3, 0.4) is 0 Å². The van der Waals surface area contributed by atoms with Crippen LogP contribution >= 0.6 is 0 Å². The molecule has 0 aromatic rings. The summed E-state index contributed by atoms with van der Waals surface area (Å²) in [5.74, 6) is 0.945. The van der Waals surface area contributed by atoms with Crippen molar-refractivity contribution in [3.05, 3.63) is 0 Å². The van der Waals surface area contributed by atoms with E-state index in [4.69, 9.17) is 9.16 Å². The fourth-order valence-electron chi connectivity index (χ4n) is 1.89. The number of nitrogens with zero attached hydrogens (tertiary/aromatic N) is 1. The molecule has 1 heterocycles. The van der Waals surface area contributed by atoms with E-state index in [0.29, 0.717) is 5.04 Å². The normalized spacial score (nSPS) is 18.9. The number of ether oxygens (including phenoxy) is 1. The Bertz CT molecular complexity index is 343. The van der Waals surface area contributed by atoms with Crippen LogP contribution in [0.25, 0.3) is 0 Å². The van der Waals surface area contributed by atoms with E-state index in [2.05, 4.69) is 52.7 Å². The van der Waals surface area contributed by atoms with Crippen molar-refractivity contribution in [2.24, 2.45) is 4.99 Å². The number of unbranched alkanes of at least 4 members (excludes halogenated alkanes) is 2. The fourth-order valence-corrected chi connectivity index (χ4v) is 2.98. The third-order valence-electron chi connectivity index (χ3n) is 4.32.